The van der Waals surface area contributed by atoms with E-state index in [9.17, 15) is 0 Å². The number of rotatable bonds is 6. The van der Waals surface area contributed by atoms with Crippen LogP contribution in [-0.2, 0) is 13.1 Å². The van der Waals surface area contributed by atoms with Gasteiger partial charge in [0.1, 0.15) is 5.75 Å². The maximum absolute atomic E-state index is 5.70. The largest absolute Gasteiger partial charge is 0.494 e. The zero-order chi connectivity index (χ0) is 15.8. The maximum Gasteiger partial charge on any atom is 0.191 e. The molecule has 0 fully saturated rings. The van der Waals surface area contributed by atoms with Gasteiger partial charge in [0.05, 0.1) is 6.61 Å². The van der Waals surface area contributed by atoms with Crippen LogP contribution in [0, 0.1) is 6.92 Å². The number of hydrogen-bond acceptors (Lipinski definition) is 3. The molecule has 1 aromatic heterocycles. The smallest absolute Gasteiger partial charge is 0.191 e. The lowest BCUT2D eigenvalue weighted by atomic mass is 10.1. The van der Waals surface area contributed by atoms with Crippen molar-refractivity contribution in [1.29, 1.82) is 0 Å². The van der Waals surface area contributed by atoms with Crippen LogP contribution in [0.5, 0.6) is 5.75 Å². The summed E-state index contributed by atoms with van der Waals surface area (Å²) in [5, 5.41) is 10.8. The first-order valence-electron chi connectivity index (χ1n) is 7.41. The molecule has 2 N–H and O–H groups in total. The van der Waals surface area contributed by atoms with E-state index in [0.29, 0.717) is 13.2 Å². The highest BCUT2D eigenvalue weighted by atomic mass is 32.1. The fourth-order valence-corrected chi connectivity index (χ4v) is 2.74. The molecule has 2 rings (SSSR count). The average Bonchev–Trinajstić information content (AvgIpc) is 3.03. The number of thiophene rings is 1. The lowest BCUT2D eigenvalue weighted by Gasteiger charge is -2.14. The van der Waals surface area contributed by atoms with E-state index in [4.69, 9.17) is 4.74 Å². The molecule has 4 nitrogen and oxygen atoms in total. The van der Waals surface area contributed by atoms with Crippen molar-refractivity contribution in [2.75, 3.05) is 13.7 Å². The number of guanidine groups is 1. The average molecular weight is 317 g/mol. The Morgan fingerprint density at radius 1 is 1.23 bits per heavy atom. The Morgan fingerprint density at radius 3 is 2.73 bits per heavy atom. The first kappa shape index (κ1) is 16.4. The molecule has 2 aromatic rings. The highest BCUT2D eigenvalue weighted by Gasteiger charge is 2.05. The number of aliphatic imine (C=N–C) groups is 1. The number of nitrogens with zero attached hydrogens (tertiary/aromatic N) is 1. The van der Waals surface area contributed by atoms with Gasteiger partial charge in [-0.1, -0.05) is 12.1 Å². The van der Waals surface area contributed by atoms with Crippen LogP contribution in [0.4, 0.5) is 0 Å². The highest BCUT2D eigenvalue weighted by Crippen LogP contribution is 2.20. The van der Waals surface area contributed by atoms with E-state index in [1.165, 1.54) is 11.1 Å². The third-order valence-electron chi connectivity index (χ3n) is 3.23. The molecule has 5 heteroatoms. The molecule has 0 atom stereocenters. The van der Waals surface area contributed by atoms with E-state index in [1.807, 2.05) is 6.92 Å². The molecule has 1 aromatic carbocycles. The molecular formula is C17H23N3OS. The van der Waals surface area contributed by atoms with Gasteiger partial charge in [0.15, 0.2) is 5.96 Å². The summed E-state index contributed by atoms with van der Waals surface area (Å²) in [5.41, 5.74) is 3.59. The monoisotopic (exact) mass is 317 g/mol. The normalized spacial score (nSPS) is 11.3. The third kappa shape index (κ3) is 4.77. The molecule has 0 aliphatic rings. The first-order chi connectivity index (χ1) is 10.7. The number of nitrogens with one attached hydrogen (secondary N) is 2. The van der Waals surface area contributed by atoms with Crippen molar-refractivity contribution in [3.05, 3.63) is 51.7 Å². The summed E-state index contributed by atoms with van der Waals surface area (Å²) in [6, 6.07) is 8.38. The Bertz CT molecular complexity index is 608. The summed E-state index contributed by atoms with van der Waals surface area (Å²) >= 11 is 1.70. The van der Waals surface area contributed by atoms with Crippen LogP contribution in [0.3, 0.4) is 0 Å². The second-order valence-corrected chi connectivity index (χ2v) is 5.74. The van der Waals surface area contributed by atoms with Crippen molar-refractivity contribution in [3.63, 3.8) is 0 Å². The Hall–Kier alpha value is -2.01. The van der Waals surface area contributed by atoms with Gasteiger partial charge >= 0.3 is 0 Å². The standard InChI is InChI=1S/C17H23N3OS/c1-4-21-16-9-13(2)5-6-15(16)11-20-17(18-3)19-10-14-7-8-22-12-14/h5-9,12H,4,10-11H2,1-3H3,(H2,18,19,20). The minimum Gasteiger partial charge on any atom is -0.494 e. The van der Waals surface area contributed by atoms with Crippen LogP contribution in [0.1, 0.15) is 23.6 Å². The van der Waals surface area contributed by atoms with Crippen molar-refractivity contribution in [3.8, 4) is 5.75 Å². The lowest BCUT2D eigenvalue weighted by Crippen LogP contribution is -2.36. The van der Waals surface area contributed by atoms with Gasteiger partial charge < -0.3 is 15.4 Å². The number of ether oxygens (including phenoxy) is 1. The molecule has 22 heavy (non-hydrogen) atoms. The van der Waals surface area contributed by atoms with Crippen LogP contribution < -0.4 is 15.4 Å². The molecule has 0 saturated heterocycles. The molecule has 1 heterocycles. The Labute approximate surface area is 136 Å². The molecule has 0 radical (unpaired) electrons. The van der Waals surface area contributed by atoms with E-state index in [0.717, 1.165) is 23.8 Å². The molecular weight excluding hydrogens is 294 g/mol. The van der Waals surface area contributed by atoms with Gasteiger partial charge in [0, 0.05) is 25.7 Å². The molecule has 118 valence electrons. The van der Waals surface area contributed by atoms with Crippen LogP contribution >= 0.6 is 11.3 Å². The number of benzene rings is 1. The van der Waals surface area contributed by atoms with Gasteiger partial charge in [-0.2, -0.15) is 11.3 Å². The van der Waals surface area contributed by atoms with Gasteiger partial charge in [0.25, 0.3) is 0 Å². The van der Waals surface area contributed by atoms with Crippen molar-refractivity contribution >= 4 is 17.3 Å². The van der Waals surface area contributed by atoms with E-state index >= 15 is 0 Å². The minimum atomic E-state index is 0.668. The van der Waals surface area contributed by atoms with E-state index in [2.05, 4.69) is 57.6 Å². The predicted octanol–water partition coefficient (Wildman–Crippen LogP) is 3.32. The fraction of sp³-hybridized carbons (Fsp3) is 0.353. The van der Waals surface area contributed by atoms with Gasteiger partial charge in [-0.15, -0.1) is 0 Å². The van der Waals surface area contributed by atoms with E-state index < -0.39 is 0 Å². The zero-order valence-electron chi connectivity index (χ0n) is 13.3. The molecule has 0 spiro atoms. The van der Waals surface area contributed by atoms with Crippen molar-refractivity contribution in [1.82, 2.24) is 10.6 Å². The van der Waals surface area contributed by atoms with E-state index in [-0.39, 0.29) is 0 Å². The summed E-state index contributed by atoms with van der Waals surface area (Å²) in [7, 11) is 1.78. The fourth-order valence-electron chi connectivity index (χ4n) is 2.08. The van der Waals surface area contributed by atoms with Crippen LogP contribution in [0.25, 0.3) is 0 Å². The second-order valence-electron chi connectivity index (χ2n) is 4.96. The summed E-state index contributed by atoms with van der Waals surface area (Å²) < 4.78 is 5.70. The Balaban J connectivity index is 1.92. The third-order valence-corrected chi connectivity index (χ3v) is 3.96. The summed E-state index contributed by atoms with van der Waals surface area (Å²) in [6.45, 7) is 6.19. The Morgan fingerprint density at radius 2 is 2.05 bits per heavy atom. The summed E-state index contributed by atoms with van der Waals surface area (Å²) in [4.78, 5) is 4.25. The SMILES string of the molecule is CCOc1cc(C)ccc1CNC(=NC)NCc1ccsc1. The molecule has 0 saturated carbocycles. The predicted molar refractivity (Wildman–Crippen MR) is 93.7 cm³/mol. The molecule has 0 aliphatic heterocycles. The van der Waals surface area contributed by atoms with Crippen molar-refractivity contribution in [2.45, 2.75) is 26.9 Å². The Kier molecular flexibility index (Phi) is 6.27. The van der Waals surface area contributed by atoms with Gasteiger partial charge in [-0.25, -0.2) is 0 Å². The van der Waals surface area contributed by atoms with E-state index in [1.54, 1.807) is 18.4 Å². The first-order valence-corrected chi connectivity index (χ1v) is 8.35. The van der Waals surface area contributed by atoms with Crippen LogP contribution in [0.15, 0.2) is 40.0 Å². The van der Waals surface area contributed by atoms with Crippen LogP contribution in [-0.4, -0.2) is 19.6 Å². The van der Waals surface area contributed by atoms with Crippen molar-refractivity contribution in [2.24, 2.45) is 4.99 Å². The van der Waals surface area contributed by atoms with Gasteiger partial charge in [-0.3, -0.25) is 4.99 Å². The zero-order valence-corrected chi connectivity index (χ0v) is 14.2. The molecule has 0 amide bonds. The quantitative estimate of drug-likeness (QED) is 0.634. The minimum absolute atomic E-state index is 0.668. The van der Waals surface area contributed by atoms with Gasteiger partial charge in [-0.05, 0) is 47.9 Å². The van der Waals surface area contributed by atoms with Gasteiger partial charge in [0.2, 0.25) is 0 Å². The van der Waals surface area contributed by atoms with Crippen molar-refractivity contribution < 1.29 is 4.74 Å². The molecule has 0 unspecified atom stereocenters. The topological polar surface area (TPSA) is 45.6 Å². The van der Waals surface area contributed by atoms with Crippen LogP contribution in [0.2, 0.25) is 0 Å². The second kappa shape index (κ2) is 8.44. The number of aryl methyl sites for hydroxylation is 1. The molecule has 0 aliphatic carbocycles. The highest BCUT2D eigenvalue weighted by molar-refractivity contribution is 7.07. The summed E-state index contributed by atoms with van der Waals surface area (Å²) in [5.74, 6) is 1.72. The summed E-state index contributed by atoms with van der Waals surface area (Å²) in [6.07, 6.45) is 0. The number of hydrogen-bond donors (Lipinski definition) is 2. The maximum atomic E-state index is 5.70. The molecule has 0 bridgehead atoms. The lowest BCUT2D eigenvalue weighted by molar-refractivity contribution is 0.336.